The summed E-state index contributed by atoms with van der Waals surface area (Å²) in [5.74, 6) is -0.0925. The third-order valence-corrected chi connectivity index (χ3v) is 3.92. The van der Waals surface area contributed by atoms with Crippen molar-refractivity contribution in [2.75, 3.05) is 6.61 Å². The zero-order chi connectivity index (χ0) is 16.6. The van der Waals surface area contributed by atoms with Gasteiger partial charge in [0.1, 0.15) is 6.61 Å². The molecule has 0 spiro atoms. The molecule has 0 saturated heterocycles. The summed E-state index contributed by atoms with van der Waals surface area (Å²) in [5, 5.41) is 0. The van der Waals surface area contributed by atoms with E-state index in [1.807, 2.05) is 24.3 Å². The van der Waals surface area contributed by atoms with E-state index in [-0.39, 0.29) is 5.97 Å². The maximum absolute atomic E-state index is 11.6. The lowest BCUT2D eigenvalue weighted by molar-refractivity contribution is -0.142. The predicted octanol–water partition coefficient (Wildman–Crippen LogP) is 5.86. The Bertz CT molecular complexity index is 423. The molecule has 0 amide bonds. The smallest absolute Gasteiger partial charge is 0.306 e. The lowest BCUT2D eigenvalue weighted by Gasteiger charge is -2.02. The lowest BCUT2D eigenvalue weighted by atomic mass is 10.1. The molecule has 0 aromatic heterocycles. The molecule has 1 aromatic carbocycles. The molecule has 0 fully saturated rings. The number of unbranched alkanes of at least 4 members (excludes halogenated alkanes) is 6. The number of benzene rings is 1. The molecule has 0 N–H and O–H groups in total. The second-order valence-electron chi connectivity index (χ2n) is 6.05. The van der Waals surface area contributed by atoms with Crippen LogP contribution in [-0.2, 0) is 16.0 Å². The summed E-state index contributed by atoms with van der Waals surface area (Å²) >= 11 is 0. The quantitative estimate of drug-likeness (QED) is 0.259. The minimum Gasteiger partial charge on any atom is -0.461 e. The highest BCUT2D eigenvalue weighted by atomic mass is 16.5. The number of rotatable bonds is 13. The van der Waals surface area contributed by atoms with E-state index >= 15 is 0 Å². The van der Waals surface area contributed by atoms with Crippen LogP contribution in [0.4, 0.5) is 0 Å². The summed E-state index contributed by atoms with van der Waals surface area (Å²) in [5.41, 5.74) is 1.28. The number of allylic oxidation sites excluding steroid dienone is 1. The Morgan fingerprint density at radius 3 is 2.48 bits per heavy atom. The summed E-state index contributed by atoms with van der Waals surface area (Å²) in [4.78, 5) is 11.6. The minimum atomic E-state index is -0.0925. The van der Waals surface area contributed by atoms with Crippen LogP contribution in [0.2, 0.25) is 0 Å². The normalized spacial score (nSPS) is 11.0. The van der Waals surface area contributed by atoms with E-state index in [9.17, 15) is 4.79 Å². The van der Waals surface area contributed by atoms with Crippen molar-refractivity contribution in [2.24, 2.45) is 0 Å². The van der Waals surface area contributed by atoms with Gasteiger partial charge in [0.25, 0.3) is 0 Å². The number of ether oxygens (including phenoxy) is 1. The molecule has 2 nitrogen and oxygen atoms in total. The van der Waals surface area contributed by atoms with Crippen LogP contribution in [0.15, 0.2) is 42.5 Å². The van der Waals surface area contributed by atoms with E-state index in [1.54, 1.807) is 0 Å². The van der Waals surface area contributed by atoms with Crippen molar-refractivity contribution >= 4 is 5.97 Å². The summed E-state index contributed by atoms with van der Waals surface area (Å²) in [6.07, 6.45) is 15.4. The van der Waals surface area contributed by atoms with Gasteiger partial charge in [-0.05, 0) is 31.2 Å². The van der Waals surface area contributed by atoms with Crippen molar-refractivity contribution in [1.82, 2.24) is 0 Å². The molecule has 0 unspecified atom stereocenters. The van der Waals surface area contributed by atoms with Gasteiger partial charge in [-0.25, -0.2) is 0 Å². The van der Waals surface area contributed by atoms with E-state index in [2.05, 4.69) is 25.1 Å². The molecule has 2 heteroatoms. The lowest BCUT2D eigenvalue weighted by Crippen LogP contribution is -2.04. The summed E-state index contributed by atoms with van der Waals surface area (Å²) in [6, 6.07) is 10.3. The average Bonchev–Trinajstić information content (AvgIpc) is 2.57. The van der Waals surface area contributed by atoms with Gasteiger partial charge in [-0.2, -0.15) is 0 Å². The standard InChI is InChI=1S/C21H32O2/c1-2-3-4-5-6-7-8-9-13-19-23-21(22)18-14-17-20-15-11-10-12-16-20/h9-13,15-16H,2-8,14,17-19H2,1H3/b13-9+. The molecule has 0 aliphatic rings. The number of carbonyl (C=O) groups is 1. The Labute approximate surface area is 141 Å². The monoisotopic (exact) mass is 316 g/mol. The molecule has 0 saturated carbocycles. The molecule has 0 heterocycles. The first-order valence-electron chi connectivity index (χ1n) is 9.17. The molecular weight excluding hydrogens is 284 g/mol. The highest BCUT2D eigenvalue weighted by Gasteiger charge is 2.01. The first-order chi connectivity index (χ1) is 11.3. The fraction of sp³-hybridized carbons (Fsp3) is 0.571. The molecule has 0 radical (unpaired) electrons. The average molecular weight is 316 g/mol. The zero-order valence-corrected chi connectivity index (χ0v) is 14.6. The molecule has 0 atom stereocenters. The first-order valence-corrected chi connectivity index (χ1v) is 9.17. The van der Waals surface area contributed by atoms with E-state index in [0.29, 0.717) is 13.0 Å². The highest BCUT2D eigenvalue weighted by molar-refractivity contribution is 5.69. The Balaban J connectivity index is 1.92. The van der Waals surface area contributed by atoms with Gasteiger partial charge >= 0.3 is 5.97 Å². The van der Waals surface area contributed by atoms with E-state index < -0.39 is 0 Å². The largest absolute Gasteiger partial charge is 0.461 e. The number of aryl methyl sites for hydroxylation is 1. The Hall–Kier alpha value is -1.57. The van der Waals surface area contributed by atoms with E-state index in [1.165, 1.54) is 44.1 Å². The maximum Gasteiger partial charge on any atom is 0.306 e. The van der Waals surface area contributed by atoms with Crippen molar-refractivity contribution in [2.45, 2.75) is 71.1 Å². The van der Waals surface area contributed by atoms with Gasteiger partial charge in [0.15, 0.2) is 0 Å². The Kier molecular flexibility index (Phi) is 11.9. The Morgan fingerprint density at radius 2 is 1.70 bits per heavy atom. The molecule has 23 heavy (non-hydrogen) atoms. The van der Waals surface area contributed by atoms with E-state index in [4.69, 9.17) is 4.74 Å². The van der Waals surface area contributed by atoms with Crippen LogP contribution in [0.5, 0.6) is 0 Å². The van der Waals surface area contributed by atoms with Gasteiger partial charge < -0.3 is 4.74 Å². The summed E-state index contributed by atoms with van der Waals surface area (Å²) in [7, 11) is 0. The van der Waals surface area contributed by atoms with Gasteiger partial charge in [-0.3, -0.25) is 4.79 Å². The van der Waals surface area contributed by atoms with Crippen LogP contribution in [0.1, 0.15) is 70.3 Å². The SMILES string of the molecule is CCCCCCCC/C=C/COC(=O)CCCc1ccccc1. The summed E-state index contributed by atoms with van der Waals surface area (Å²) in [6.45, 7) is 2.66. The van der Waals surface area contributed by atoms with Crippen LogP contribution in [0, 0.1) is 0 Å². The van der Waals surface area contributed by atoms with E-state index in [0.717, 1.165) is 19.3 Å². The molecule has 128 valence electrons. The first kappa shape index (κ1) is 19.5. The molecule has 0 bridgehead atoms. The van der Waals surface area contributed by atoms with Crippen LogP contribution in [-0.4, -0.2) is 12.6 Å². The third kappa shape index (κ3) is 11.6. The van der Waals surface area contributed by atoms with Crippen molar-refractivity contribution < 1.29 is 9.53 Å². The third-order valence-electron chi connectivity index (χ3n) is 3.92. The Morgan fingerprint density at radius 1 is 0.957 bits per heavy atom. The maximum atomic E-state index is 11.6. The molecule has 1 aromatic rings. The second kappa shape index (κ2) is 14.0. The van der Waals surface area contributed by atoms with Crippen molar-refractivity contribution in [3.63, 3.8) is 0 Å². The predicted molar refractivity (Wildman–Crippen MR) is 97.5 cm³/mol. The van der Waals surface area contributed by atoms with Gasteiger partial charge in [-0.1, -0.05) is 81.5 Å². The highest BCUT2D eigenvalue weighted by Crippen LogP contribution is 2.07. The second-order valence-corrected chi connectivity index (χ2v) is 6.05. The van der Waals surface area contributed by atoms with Gasteiger partial charge in [0, 0.05) is 6.42 Å². The summed E-state index contributed by atoms with van der Waals surface area (Å²) < 4.78 is 5.21. The molecule has 0 aliphatic carbocycles. The fourth-order valence-corrected chi connectivity index (χ4v) is 2.52. The molecule has 0 aliphatic heterocycles. The van der Waals surface area contributed by atoms with Gasteiger partial charge in [-0.15, -0.1) is 0 Å². The van der Waals surface area contributed by atoms with Gasteiger partial charge in [0.2, 0.25) is 0 Å². The van der Waals surface area contributed by atoms with Crippen molar-refractivity contribution in [1.29, 1.82) is 0 Å². The van der Waals surface area contributed by atoms with Crippen LogP contribution in [0.25, 0.3) is 0 Å². The minimum absolute atomic E-state index is 0.0925. The molecule has 1 rings (SSSR count). The van der Waals surface area contributed by atoms with Crippen LogP contribution < -0.4 is 0 Å². The molecular formula is C21H32O2. The number of carbonyl (C=O) groups excluding carboxylic acids is 1. The zero-order valence-electron chi connectivity index (χ0n) is 14.6. The number of hydrogen-bond donors (Lipinski definition) is 0. The van der Waals surface area contributed by atoms with Crippen LogP contribution in [0.3, 0.4) is 0 Å². The van der Waals surface area contributed by atoms with Crippen molar-refractivity contribution in [3.8, 4) is 0 Å². The van der Waals surface area contributed by atoms with Crippen LogP contribution >= 0.6 is 0 Å². The van der Waals surface area contributed by atoms with Crippen molar-refractivity contribution in [3.05, 3.63) is 48.0 Å². The topological polar surface area (TPSA) is 26.3 Å². The fourth-order valence-electron chi connectivity index (χ4n) is 2.52. The number of esters is 1. The van der Waals surface area contributed by atoms with Gasteiger partial charge in [0.05, 0.1) is 0 Å². The number of hydrogen-bond acceptors (Lipinski definition) is 2.